The van der Waals surface area contributed by atoms with Gasteiger partial charge in [-0.15, -0.1) is 0 Å². The molecule has 2 aliphatic rings. The van der Waals surface area contributed by atoms with Gasteiger partial charge in [0, 0.05) is 12.0 Å². The number of carbonyl (C=O) groups is 1. The molecule has 1 heteroatoms. The van der Waals surface area contributed by atoms with Crippen LogP contribution in [0.5, 0.6) is 0 Å². The third kappa shape index (κ3) is 2.15. The van der Waals surface area contributed by atoms with Crippen LogP contribution < -0.4 is 0 Å². The summed E-state index contributed by atoms with van der Waals surface area (Å²) < 4.78 is 0. The van der Waals surface area contributed by atoms with Crippen molar-refractivity contribution in [3.05, 3.63) is 34.9 Å². The van der Waals surface area contributed by atoms with Crippen molar-refractivity contribution >= 4 is 5.78 Å². The second-order valence-corrected chi connectivity index (χ2v) is 5.53. The van der Waals surface area contributed by atoms with E-state index in [1.807, 2.05) is 0 Å². The number of ketones is 1. The highest BCUT2D eigenvalue weighted by molar-refractivity contribution is 5.98. The van der Waals surface area contributed by atoms with Gasteiger partial charge in [-0.1, -0.05) is 31.4 Å². The van der Waals surface area contributed by atoms with Gasteiger partial charge in [0.25, 0.3) is 0 Å². The van der Waals surface area contributed by atoms with Crippen LogP contribution in [0.3, 0.4) is 0 Å². The number of rotatable bonds is 1. The van der Waals surface area contributed by atoms with E-state index in [1.165, 1.54) is 43.2 Å². The Labute approximate surface area is 103 Å². The average molecular weight is 228 g/mol. The molecule has 0 aliphatic heterocycles. The molecule has 0 aromatic heterocycles. The molecule has 0 saturated heterocycles. The highest BCUT2D eigenvalue weighted by atomic mass is 16.1. The van der Waals surface area contributed by atoms with Crippen molar-refractivity contribution < 1.29 is 4.79 Å². The number of carbonyl (C=O) groups excluding carboxylic acids is 1. The first-order chi connectivity index (χ1) is 8.34. The van der Waals surface area contributed by atoms with Gasteiger partial charge in [0.15, 0.2) is 5.78 Å². The summed E-state index contributed by atoms with van der Waals surface area (Å²) in [4.78, 5) is 11.9. The molecule has 0 unspecified atom stereocenters. The minimum absolute atomic E-state index is 0.365. The summed E-state index contributed by atoms with van der Waals surface area (Å²) in [6, 6.07) is 6.68. The van der Waals surface area contributed by atoms with E-state index in [1.54, 1.807) is 0 Å². The standard InChI is InChI=1S/C16H20O/c17-16-8-4-7-13-9-10-14(11-15(13)16)12-5-2-1-3-6-12/h9-12H,1-8H2. The van der Waals surface area contributed by atoms with E-state index < -0.39 is 0 Å². The number of hydrogen-bond donors (Lipinski definition) is 0. The van der Waals surface area contributed by atoms with E-state index in [-0.39, 0.29) is 0 Å². The summed E-state index contributed by atoms with van der Waals surface area (Å²) in [6.45, 7) is 0. The van der Waals surface area contributed by atoms with Gasteiger partial charge in [0.05, 0.1) is 0 Å². The van der Waals surface area contributed by atoms with Gasteiger partial charge >= 0.3 is 0 Å². The Balaban J connectivity index is 1.91. The Morgan fingerprint density at radius 2 is 1.76 bits per heavy atom. The Morgan fingerprint density at radius 3 is 2.59 bits per heavy atom. The van der Waals surface area contributed by atoms with Crippen LogP contribution in [0.25, 0.3) is 0 Å². The molecule has 1 aromatic rings. The summed E-state index contributed by atoms with van der Waals surface area (Å²) in [6.07, 6.45) is 9.60. The van der Waals surface area contributed by atoms with Gasteiger partial charge in [-0.05, 0) is 48.8 Å². The van der Waals surface area contributed by atoms with E-state index in [0.29, 0.717) is 11.7 Å². The zero-order valence-corrected chi connectivity index (χ0v) is 10.4. The lowest BCUT2D eigenvalue weighted by Crippen LogP contribution is -2.12. The van der Waals surface area contributed by atoms with E-state index in [2.05, 4.69) is 18.2 Å². The van der Waals surface area contributed by atoms with Crippen LogP contribution in [-0.2, 0) is 6.42 Å². The maximum Gasteiger partial charge on any atom is 0.163 e. The molecule has 0 radical (unpaired) electrons. The van der Waals surface area contributed by atoms with Crippen molar-refractivity contribution in [3.8, 4) is 0 Å². The van der Waals surface area contributed by atoms with Crippen LogP contribution in [0, 0.1) is 0 Å². The van der Waals surface area contributed by atoms with Crippen molar-refractivity contribution in [2.75, 3.05) is 0 Å². The first-order valence-electron chi connectivity index (χ1n) is 7.00. The molecule has 17 heavy (non-hydrogen) atoms. The zero-order valence-electron chi connectivity index (χ0n) is 10.4. The van der Waals surface area contributed by atoms with Gasteiger partial charge in [-0.2, -0.15) is 0 Å². The first-order valence-corrected chi connectivity index (χ1v) is 7.00. The summed E-state index contributed by atoms with van der Waals surface area (Å²) in [5.74, 6) is 1.08. The number of fused-ring (bicyclic) bond motifs is 1. The van der Waals surface area contributed by atoms with Crippen LogP contribution in [0.15, 0.2) is 18.2 Å². The smallest absolute Gasteiger partial charge is 0.163 e. The molecule has 0 heterocycles. The molecule has 0 amide bonds. The summed E-state index contributed by atoms with van der Waals surface area (Å²) in [5, 5.41) is 0. The highest BCUT2D eigenvalue weighted by Crippen LogP contribution is 2.34. The van der Waals surface area contributed by atoms with Gasteiger partial charge < -0.3 is 0 Å². The molecule has 90 valence electrons. The molecule has 0 N–H and O–H groups in total. The quantitative estimate of drug-likeness (QED) is 0.702. The fourth-order valence-electron chi connectivity index (χ4n) is 3.34. The zero-order chi connectivity index (χ0) is 11.7. The lowest BCUT2D eigenvalue weighted by molar-refractivity contribution is 0.0972. The largest absolute Gasteiger partial charge is 0.294 e. The second-order valence-electron chi connectivity index (χ2n) is 5.53. The third-order valence-electron chi connectivity index (χ3n) is 4.36. The van der Waals surface area contributed by atoms with Gasteiger partial charge in [0.1, 0.15) is 0 Å². The van der Waals surface area contributed by atoms with Crippen molar-refractivity contribution in [3.63, 3.8) is 0 Å². The Bertz CT molecular complexity index is 427. The topological polar surface area (TPSA) is 17.1 Å². The number of Topliss-reactive ketones (excluding diaryl/α,β-unsaturated/α-hetero) is 1. The lowest BCUT2D eigenvalue weighted by atomic mass is 9.81. The predicted octanol–water partition coefficient (Wildman–Crippen LogP) is 4.25. The van der Waals surface area contributed by atoms with Crippen LogP contribution >= 0.6 is 0 Å². The summed E-state index contributed by atoms with van der Waals surface area (Å²) >= 11 is 0. The molecular weight excluding hydrogens is 208 g/mol. The molecule has 1 aromatic carbocycles. The van der Waals surface area contributed by atoms with Crippen LogP contribution in [0.1, 0.15) is 72.3 Å². The molecule has 3 rings (SSSR count). The summed E-state index contributed by atoms with van der Waals surface area (Å²) in [5.41, 5.74) is 3.72. The number of aryl methyl sites for hydroxylation is 1. The number of benzene rings is 1. The van der Waals surface area contributed by atoms with Gasteiger partial charge in [-0.25, -0.2) is 0 Å². The average Bonchev–Trinajstić information content (AvgIpc) is 2.40. The maximum absolute atomic E-state index is 11.9. The molecule has 0 atom stereocenters. The van der Waals surface area contributed by atoms with Crippen LogP contribution in [0.4, 0.5) is 0 Å². The van der Waals surface area contributed by atoms with Crippen LogP contribution in [0.2, 0.25) is 0 Å². The fourth-order valence-corrected chi connectivity index (χ4v) is 3.34. The molecule has 1 saturated carbocycles. The molecule has 1 nitrogen and oxygen atoms in total. The predicted molar refractivity (Wildman–Crippen MR) is 69.5 cm³/mol. The van der Waals surface area contributed by atoms with Crippen molar-refractivity contribution in [2.45, 2.75) is 57.3 Å². The third-order valence-corrected chi connectivity index (χ3v) is 4.36. The van der Waals surface area contributed by atoms with Gasteiger partial charge in [-0.3, -0.25) is 4.79 Å². The molecule has 0 bridgehead atoms. The van der Waals surface area contributed by atoms with Crippen molar-refractivity contribution in [2.24, 2.45) is 0 Å². The minimum Gasteiger partial charge on any atom is -0.294 e. The molecule has 2 aliphatic carbocycles. The fraction of sp³-hybridized carbons (Fsp3) is 0.562. The first kappa shape index (κ1) is 11.0. The lowest BCUT2D eigenvalue weighted by Gasteiger charge is -2.24. The molecule has 1 fully saturated rings. The van der Waals surface area contributed by atoms with Crippen molar-refractivity contribution in [1.29, 1.82) is 0 Å². The summed E-state index contributed by atoms with van der Waals surface area (Å²) in [7, 11) is 0. The Kier molecular flexibility index (Phi) is 3.00. The molecular formula is C16H20O. The normalized spacial score (nSPS) is 21.3. The second kappa shape index (κ2) is 4.64. The number of hydrogen-bond acceptors (Lipinski definition) is 1. The van der Waals surface area contributed by atoms with E-state index in [4.69, 9.17) is 0 Å². The van der Waals surface area contributed by atoms with Gasteiger partial charge in [0.2, 0.25) is 0 Å². The Hall–Kier alpha value is -1.11. The monoisotopic (exact) mass is 228 g/mol. The molecule has 0 spiro atoms. The van der Waals surface area contributed by atoms with E-state index >= 15 is 0 Å². The maximum atomic E-state index is 11.9. The van der Waals surface area contributed by atoms with Crippen LogP contribution in [-0.4, -0.2) is 5.78 Å². The minimum atomic E-state index is 0.365. The van der Waals surface area contributed by atoms with Crippen molar-refractivity contribution in [1.82, 2.24) is 0 Å². The van der Waals surface area contributed by atoms with E-state index in [9.17, 15) is 4.79 Å². The highest BCUT2D eigenvalue weighted by Gasteiger charge is 2.20. The van der Waals surface area contributed by atoms with E-state index in [0.717, 1.165) is 24.8 Å². The Morgan fingerprint density at radius 1 is 0.941 bits per heavy atom. The SMILES string of the molecule is O=C1CCCc2ccc(C3CCCCC3)cc21.